The van der Waals surface area contributed by atoms with Gasteiger partial charge in [0.25, 0.3) is 0 Å². The summed E-state index contributed by atoms with van der Waals surface area (Å²) in [7, 11) is -7.43. The van der Waals surface area contributed by atoms with Gasteiger partial charge in [0.05, 0.1) is 28.3 Å². The highest BCUT2D eigenvalue weighted by Crippen LogP contribution is 2.31. The topological polar surface area (TPSA) is 206 Å². The van der Waals surface area contributed by atoms with Crippen molar-refractivity contribution in [3.63, 3.8) is 0 Å². The number of fused-ring (bicyclic) bond motifs is 6. The van der Waals surface area contributed by atoms with Gasteiger partial charge in [-0.1, -0.05) is 69.2 Å². The van der Waals surface area contributed by atoms with Crippen molar-refractivity contribution in [1.82, 2.24) is 38.5 Å². The average molecular weight is 877 g/mol. The number of anilines is 2. The van der Waals surface area contributed by atoms with Crippen molar-refractivity contribution in [3.8, 4) is 0 Å². The van der Waals surface area contributed by atoms with E-state index in [0.29, 0.717) is 43.1 Å². The van der Waals surface area contributed by atoms with Crippen LogP contribution in [-0.4, -0.2) is 65.3 Å². The Kier molecular flexibility index (Phi) is 14.9. The molecule has 0 aliphatic rings. The maximum absolute atomic E-state index is 13.9. The van der Waals surface area contributed by atoms with Gasteiger partial charge in [0, 0.05) is 49.8 Å². The van der Waals surface area contributed by atoms with Gasteiger partial charge in [-0.2, -0.15) is 0 Å². The Morgan fingerprint density at radius 1 is 0.590 bits per heavy atom. The first-order valence-electron chi connectivity index (χ1n) is 20.7. The minimum atomic E-state index is -4.29. The Morgan fingerprint density at radius 3 is 1.48 bits per heavy atom. The zero-order valence-corrected chi connectivity index (χ0v) is 36.4. The van der Waals surface area contributed by atoms with Crippen molar-refractivity contribution in [3.05, 3.63) is 90.0 Å². The van der Waals surface area contributed by atoms with Crippen molar-refractivity contribution in [1.29, 1.82) is 0 Å². The second-order valence-electron chi connectivity index (χ2n) is 15.0. The van der Waals surface area contributed by atoms with Crippen molar-refractivity contribution < 1.29 is 25.6 Å². The quantitative estimate of drug-likeness (QED) is 0.0593. The van der Waals surface area contributed by atoms with E-state index in [4.69, 9.17) is 21.4 Å². The number of nitrogens with zero attached hydrogens (tertiary/aromatic N) is 6. The van der Waals surface area contributed by atoms with Crippen molar-refractivity contribution >= 4 is 75.6 Å². The lowest BCUT2D eigenvalue weighted by molar-refractivity contribution is 0.511. The third kappa shape index (κ3) is 10.8. The maximum atomic E-state index is 13.9. The number of rotatable bonds is 19. The summed E-state index contributed by atoms with van der Waals surface area (Å²) in [5.41, 5.74) is 17.4. The van der Waals surface area contributed by atoms with E-state index in [2.05, 4.69) is 48.5 Å². The molecular weight excluding hydrogens is 823 g/mol. The van der Waals surface area contributed by atoms with Gasteiger partial charge >= 0.3 is 0 Å². The number of hydrogen-bond acceptors (Lipinski definition) is 10. The third-order valence-corrected chi connectivity index (χ3v) is 12.6. The Labute approximate surface area is 355 Å². The number of aromatic nitrogens is 6. The molecule has 14 nitrogen and oxygen atoms in total. The Bertz CT molecular complexity index is 2850. The average Bonchev–Trinajstić information content (AvgIpc) is 3.78. The first-order valence-corrected chi connectivity index (χ1v) is 24.1. The lowest BCUT2D eigenvalue weighted by Crippen LogP contribution is -2.27. The van der Waals surface area contributed by atoms with E-state index in [-0.39, 0.29) is 6.54 Å². The number of hydrogen-bond donors (Lipinski definition) is 4. The number of benzene rings is 3. The largest absolute Gasteiger partial charge is 0.382 e. The predicted octanol–water partition coefficient (Wildman–Crippen LogP) is 7.38. The molecule has 0 spiro atoms. The zero-order valence-electron chi connectivity index (χ0n) is 34.8. The molecule has 6 N–H and O–H groups in total. The molecule has 61 heavy (non-hydrogen) atoms. The van der Waals surface area contributed by atoms with Crippen LogP contribution < -0.4 is 20.9 Å². The van der Waals surface area contributed by atoms with Crippen LogP contribution in [0, 0.1) is 11.6 Å². The summed E-state index contributed by atoms with van der Waals surface area (Å²) in [5.74, 6) is 0.541. The molecule has 0 fully saturated rings. The van der Waals surface area contributed by atoms with Gasteiger partial charge in [0.15, 0.2) is 16.5 Å². The summed E-state index contributed by atoms with van der Waals surface area (Å²) < 4.78 is 84.1. The van der Waals surface area contributed by atoms with E-state index in [0.717, 1.165) is 126 Å². The summed E-state index contributed by atoms with van der Waals surface area (Å²) >= 11 is 0. The molecule has 7 rings (SSSR count). The Balaban J connectivity index is 0.000000210. The lowest BCUT2D eigenvalue weighted by atomic mass is 10.2. The van der Waals surface area contributed by atoms with E-state index in [1.807, 2.05) is 42.5 Å². The maximum Gasteiger partial charge on any atom is 0.246 e. The number of imidazole rings is 2. The fourth-order valence-electron chi connectivity index (χ4n) is 7.41. The van der Waals surface area contributed by atoms with Crippen molar-refractivity contribution in [2.24, 2.45) is 0 Å². The number of nitrogen functional groups attached to an aromatic ring is 2. The zero-order chi connectivity index (χ0) is 43.7. The number of para-hydroxylation sites is 2. The monoisotopic (exact) mass is 876 g/mol. The third-order valence-electron chi connectivity index (χ3n) is 10.3. The molecule has 3 aromatic carbocycles. The van der Waals surface area contributed by atoms with E-state index in [1.165, 1.54) is 6.26 Å². The second kappa shape index (κ2) is 20.0. The van der Waals surface area contributed by atoms with Gasteiger partial charge in [0.1, 0.15) is 34.3 Å². The van der Waals surface area contributed by atoms with Gasteiger partial charge in [-0.25, -0.2) is 55.0 Å². The highest BCUT2D eigenvalue weighted by Gasteiger charge is 2.24. The summed E-state index contributed by atoms with van der Waals surface area (Å²) in [6, 6.07) is 18.7. The van der Waals surface area contributed by atoms with Crippen LogP contribution in [0.1, 0.15) is 76.9 Å². The standard InChI is InChI=1S/C24H27F2N5O2S.C19H27N5O2S/c1-2-3-13-20-30-21-22(16-9-4-5-12-19(16)29-24(21)27)31(20)15-7-6-14-28-34(32,33)23-17(25)10-8-11-18(23)26;1-3-4-11-16-23-17-18(14-9-5-6-10-15(14)22-19(17)20)24(16)13-8-7-12-21-27(2,25)26/h4-5,8-12,28H,2-3,6-7,13-15H2,1H3,(H2,27,29);5-6,9-10,21H,3-4,7-8,11-13H2,1-2H3,(H2,20,22). The number of nitrogens with two attached hydrogens (primary N) is 2. The smallest absolute Gasteiger partial charge is 0.246 e. The molecule has 0 amide bonds. The van der Waals surface area contributed by atoms with Crippen LogP contribution in [0.15, 0.2) is 71.6 Å². The van der Waals surface area contributed by atoms with Gasteiger partial charge in [0.2, 0.25) is 20.0 Å². The number of aryl methyl sites for hydroxylation is 4. The minimum absolute atomic E-state index is 0.0530. The van der Waals surface area contributed by atoms with E-state index >= 15 is 0 Å². The fraction of sp³-hybridized carbons (Fsp3) is 0.395. The predicted molar refractivity (Wildman–Crippen MR) is 239 cm³/mol. The Hall–Kier alpha value is -5.30. The van der Waals surface area contributed by atoms with E-state index in [1.54, 1.807) is 0 Å². The van der Waals surface area contributed by atoms with Crippen LogP contribution in [-0.2, 0) is 46.0 Å². The molecule has 0 unspecified atom stereocenters. The summed E-state index contributed by atoms with van der Waals surface area (Å²) in [5, 5.41) is 2.00. The molecule has 4 aromatic heterocycles. The van der Waals surface area contributed by atoms with Crippen LogP contribution in [0.2, 0.25) is 0 Å². The molecule has 4 heterocycles. The van der Waals surface area contributed by atoms with Gasteiger partial charge in [-0.05, 0) is 62.8 Å². The normalized spacial score (nSPS) is 12.1. The highest BCUT2D eigenvalue weighted by molar-refractivity contribution is 7.89. The number of pyridine rings is 2. The number of nitrogens with one attached hydrogen (secondary N) is 2. The van der Waals surface area contributed by atoms with Crippen LogP contribution in [0.3, 0.4) is 0 Å². The van der Waals surface area contributed by atoms with Gasteiger partial charge in [-0.3, -0.25) is 0 Å². The van der Waals surface area contributed by atoms with Gasteiger partial charge in [-0.15, -0.1) is 0 Å². The molecule has 0 saturated carbocycles. The molecule has 18 heteroatoms. The SMILES string of the molecule is CCCCc1nc2c(N)nc3ccccc3c2n1CCCCNS(=O)(=O)c1c(F)cccc1F.CCCCc1nc2c(N)nc3ccccc3c2n1CCCCNS(C)(=O)=O. The van der Waals surface area contributed by atoms with Crippen LogP contribution >= 0.6 is 0 Å². The lowest BCUT2D eigenvalue weighted by Gasteiger charge is -2.12. The summed E-state index contributed by atoms with van der Waals surface area (Å²) in [4.78, 5) is 17.6. The van der Waals surface area contributed by atoms with Crippen LogP contribution in [0.25, 0.3) is 43.9 Å². The van der Waals surface area contributed by atoms with Crippen LogP contribution in [0.5, 0.6) is 0 Å². The van der Waals surface area contributed by atoms with Crippen LogP contribution in [0.4, 0.5) is 20.4 Å². The molecule has 0 saturated heterocycles. The molecular formula is C43H54F2N10O4S2. The van der Waals surface area contributed by atoms with Crippen molar-refractivity contribution in [2.75, 3.05) is 30.8 Å². The van der Waals surface area contributed by atoms with Gasteiger partial charge < -0.3 is 20.6 Å². The summed E-state index contributed by atoms with van der Waals surface area (Å²) in [6.45, 7) is 6.14. The number of halogens is 2. The van der Waals surface area contributed by atoms with E-state index in [9.17, 15) is 25.6 Å². The van der Waals surface area contributed by atoms with Crippen molar-refractivity contribution in [2.45, 2.75) is 96.0 Å². The fourth-order valence-corrected chi connectivity index (χ4v) is 9.13. The molecule has 0 bridgehead atoms. The van der Waals surface area contributed by atoms with E-state index < -0.39 is 36.6 Å². The molecule has 0 atom stereocenters. The minimum Gasteiger partial charge on any atom is -0.382 e. The molecule has 326 valence electrons. The Morgan fingerprint density at radius 2 is 1.03 bits per heavy atom. The number of sulfonamides is 2. The number of unbranched alkanes of at least 4 members (excludes halogenated alkanes) is 4. The molecule has 0 aliphatic heterocycles. The first kappa shape index (κ1) is 45.2. The molecule has 0 aliphatic carbocycles. The first-order chi connectivity index (χ1) is 29.2. The molecule has 0 radical (unpaired) electrons. The second-order valence-corrected chi connectivity index (χ2v) is 18.6. The summed E-state index contributed by atoms with van der Waals surface area (Å²) in [6.07, 6.45) is 9.72. The highest BCUT2D eigenvalue weighted by atomic mass is 32.2. The molecule has 7 aromatic rings.